The largest absolute Gasteiger partial charge is 0.504 e. The van der Waals surface area contributed by atoms with Crippen LogP contribution in [-0.2, 0) is 5.41 Å². The van der Waals surface area contributed by atoms with E-state index in [1.54, 1.807) is 0 Å². The van der Waals surface area contributed by atoms with E-state index in [-0.39, 0.29) is 23.4 Å². The number of fused-ring (bicyclic) bond motifs is 1. The Hall–Kier alpha value is -1.68. The Balaban J connectivity index is 1.99. The lowest BCUT2D eigenvalue weighted by atomic mass is 9.70. The smallest absolute Gasteiger partial charge is 0.161 e. The van der Waals surface area contributed by atoms with Gasteiger partial charge in [-0.3, -0.25) is 0 Å². The maximum absolute atomic E-state index is 10.3. The van der Waals surface area contributed by atoms with E-state index in [2.05, 4.69) is 18.0 Å². The van der Waals surface area contributed by atoms with Gasteiger partial charge < -0.3 is 19.8 Å². The highest BCUT2D eigenvalue weighted by atomic mass is 16.5. The van der Waals surface area contributed by atoms with Crippen LogP contribution in [0.1, 0.15) is 38.7 Å². The number of hydrogen-bond acceptors (Lipinski definition) is 4. The van der Waals surface area contributed by atoms with Crippen LogP contribution in [0.15, 0.2) is 30.0 Å². The molecule has 0 aromatic heterocycles. The van der Waals surface area contributed by atoms with Gasteiger partial charge in [-0.1, -0.05) is 6.07 Å². The van der Waals surface area contributed by atoms with Gasteiger partial charge in [-0.25, -0.2) is 0 Å². The van der Waals surface area contributed by atoms with E-state index in [9.17, 15) is 10.2 Å². The van der Waals surface area contributed by atoms with Gasteiger partial charge in [0.25, 0.3) is 0 Å². The number of benzene rings is 1. The first-order valence-electron chi connectivity index (χ1n) is 8.04. The third-order valence-electron chi connectivity index (χ3n) is 4.87. The highest BCUT2D eigenvalue weighted by Gasteiger charge is 2.45. The first kappa shape index (κ1) is 15.2. The lowest BCUT2D eigenvalue weighted by Gasteiger charge is -2.37. The number of aliphatic hydroxyl groups excluding tert-OH is 1. The molecule has 0 saturated carbocycles. The van der Waals surface area contributed by atoms with Crippen LogP contribution in [-0.4, -0.2) is 40.9 Å². The van der Waals surface area contributed by atoms with E-state index in [4.69, 9.17) is 4.74 Å². The number of aromatic hydroxyl groups is 1. The van der Waals surface area contributed by atoms with Crippen molar-refractivity contribution in [1.82, 2.24) is 4.90 Å². The number of aliphatic hydroxyl groups is 1. The van der Waals surface area contributed by atoms with Crippen molar-refractivity contribution in [2.45, 2.75) is 50.7 Å². The first-order chi connectivity index (χ1) is 10.4. The molecule has 2 aliphatic rings. The molecule has 0 amide bonds. The number of likely N-dealkylation sites (N-methyl/N-ethyl adjacent to an activating group) is 1. The van der Waals surface area contributed by atoms with E-state index in [1.807, 2.05) is 32.1 Å². The zero-order chi connectivity index (χ0) is 15.9. The molecule has 4 heteroatoms. The molecule has 1 aliphatic carbocycles. The Bertz CT molecular complexity index is 596. The summed E-state index contributed by atoms with van der Waals surface area (Å²) in [6, 6.07) is 5.75. The molecule has 3 rings (SSSR count). The number of likely N-dealkylation sites (tertiary alicyclic amines) is 1. The third-order valence-corrected chi connectivity index (χ3v) is 4.87. The summed E-state index contributed by atoms with van der Waals surface area (Å²) in [7, 11) is 2.07. The molecule has 0 spiro atoms. The summed E-state index contributed by atoms with van der Waals surface area (Å²) in [5, 5.41) is 20.3. The molecule has 2 atom stereocenters. The lowest BCUT2D eigenvalue weighted by molar-refractivity contribution is 0.181. The van der Waals surface area contributed by atoms with Crippen molar-refractivity contribution in [3.63, 3.8) is 0 Å². The molecule has 1 aromatic carbocycles. The summed E-state index contributed by atoms with van der Waals surface area (Å²) < 4.78 is 5.62. The Labute approximate surface area is 132 Å². The standard InChI is InChI=1S/C18H25NO3/c1-12(2)22-16-5-4-13(10-15(16)21)18-7-6-14(20)11-17(18)19(3)9-8-18/h4-5,10-12,14,20-21H,6-9H2,1-3H3/t14-,18+/m1/s1. The van der Waals surface area contributed by atoms with Crippen molar-refractivity contribution >= 4 is 0 Å². The third kappa shape index (κ3) is 2.45. The van der Waals surface area contributed by atoms with Crippen LogP contribution in [0.2, 0.25) is 0 Å². The fraction of sp³-hybridized carbons (Fsp3) is 0.556. The molecule has 1 fully saturated rings. The van der Waals surface area contributed by atoms with E-state index in [1.165, 1.54) is 5.70 Å². The molecule has 0 unspecified atom stereocenters. The predicted molar refractivity (Wildman–Crippen MR) is 86.1 cm³/mol. The lowest BCUT2D eigenvalue weighted by Crippen LogP contribution is -2.33. The van der Waals surface area contributed by atoms with Crippen molar-refractivity contribution in [2.75, 3.05) is 13.6 Å². The number of hydrogen-bond donors (Lipinski definition) is 2. The Morgan fingerprint density at radius 2 is 2.09 bits per heavy atom. The molecule has 1 aliphatic heterocycles. The van der Waals surface area contributed by atoms with Crippen molar-refractivity contribution in [1.29, 1.82) is 0 Å². The van der Waals surface area contributed by atoms with Gasteiger partial charge in [0.2, 0.25) is 0 Å². The van der Waals surface area contributed by atoms with Crippen molar-refractivity contribution in [2.24, 2.45) is 0 Å². The van der Waals surface area contributed by atoms with E-state index < -0.39 is 0 Å². The van der Waals surface area contributed by atoms with Gasteiger partial charge in [-0.15, -0.1) is 0 Å². The topological polar surface area (TPSA) is 52.9 Å². The Morgan fingerprint density at radius 1 is 1.32 bits per heavy atom. The monoisotopic (exact) mass is 303 g/mol. The molecule has 0 bridgehead atoms. The molecule has 2 N–H and O–H groups in total. The van der Waals surface area contributed by atoms with Crippen molar-refractivity contribution in [3.05, 3.63) is 35.5 Å². The predicted octanol–water partition coefficient (Wildman–Crippen LogP) is 2.79. The zero-order valence-electron chi connectivity index (χ0n) is 13.5. The molecular weight excluding hydrogens is 278 g/mol. The summed E-state index contributed by atoms with van der Waals surface area (Å²) in [5.41, 5.74) is 2.22. The average molecular weight is 303 g/mol. The Kier molecular flexibility index (Phi) is 3.81. The van der Waals surface area contributed by atoms with Gasteiger partial charge in [-0.2, -0.15) is 0 Å². The second kappa shape index (κ2) is 5.51. The normalized spacial score (nSPS) is 27.8. The van der Waals surface area contributed by atoms with Crippen LogP contribution in [0, 0.1) is 0 Å². The zero-order valence-corrected chi connectivity index (χ0v) is 13.5. The van der Waals surface area contributed by atoms with Gasteiger partial charge in [0, 0.05) is 24.7 Å². The minimum atomic E-state index is -0.360. The van der Waals surface area contributed by atoms with Crippen LogP contribution >= 0.6 is 0 Å². The number of allylic oxidation sites excluding steroid dienone is 1. The number of phenols is 1. The molecule has 1 saturated heterocycles. The molecule has 120 valence electrons. The van der Waals surface area contributed by atoms with Crippen molar-refractivity contribution in [3.8, 4) is 11.5 Å². The van der Waals surface area contributed by atoms with E-state index >= 15 is 0 Å². The summed E-state index contributed by atoms with van der Waals surface area (Å²) in [6.07, 6.45) is 4.35. The van der Waals surface area contributed by atoms with Gasteiger partial charge in [0.05, 0.1) is 12.2 Å². The summed E-state index contributed by atoms with van der Waals surface area (Å²) in [6.45, 7) is 4.87. The maximum atomic E-state index is 10.3. The summed E-state index contributed by atoms with van der Waals surface area (Å²) in [4.78, 5) is 2.22. The van der Waals surface area contributed by atoms with Crippen LogP contribution in [0.3, 0.4) is 0 Å². The van der Waals surface area contributed by atoms with Crippen LogP contribution in [0.4, 0.5) is 0 Å². The molecule has 0 radical (unpaired) electrons. The number of phenolic OH excluding ortho intramolecular Hbond substituents is 1. The summed E-state index contributed by atoms with van der Waals surface area (Å²) >= 11 is 0. The molecule has 4 nitrogen and oxygen atoms in total. The van der Waals surface area contributed by atoms with E-state index in [0.29, 0.717) is 5.75 Å². The molecular formula is C18H25NO3. The average Bonchev–Trinajstić information content (AvgIpc) is 2.79. The minimum absolute atomic E-state index is 0.0350. The minimum Gasteiger partial charge on any atom is -0.504 e. The number of nitrogens with zero attached hydrogens (tertiary/aromatic N) is 1. The highest BCUT2D eigenvalue weighted by molar-refractivity contribution is 5.49. The van der Waals surface area contributed by atoms with Gasteiger partial charge in [0.15, 0.2) is 11.5 Å². The van der Waals surface area contributed by atoms with Gasteiger partial charge >= 0.3 is 0 Å². The maximum Gasteiger partial charge on any atom is 0.161 e. The van der Waals surface area contributed by atoms with Gasteiger partial charge in [-0.05, 0) is 56.9 Å². The van der Waals surface area contributed by atoms with Crippen LogP contribution in [0.25, 0.3) is 0 Å². The fourth-order valence-corrected chi connectivity index (χ4v) is 3.78. The highest BCUT2D eigenvalue weighted by Crippen LogP contribution is 2.50. The van der Waals surface area contributed by atoms with Crippen LogP contribution in [0.5, 0.6) is 11.5 Å². The number of ether oxygens (including phenoxy) is 1. The molecule has 1 heterocycles. The second-order valence-corrected chi connectivity index (χ2v) is 6.76. The van der Waals surface area contributed by atoms with Crippen molar-refractivity contribution < 1.29 is 14.9 Å². The quantitative estimate of drug-likeness (QED) is 0.901. The van der Waals surface area contributed by atoms with Gasteiger partial charge in [0.1, 0.15) is 0 Å². The SMILES string of the molecule is CC(C)Oc1ccc([C@@]23CC[C@@H](O)C=C2N(C)CC3)cc1O. The summed E-state index contributed by atoms with van der Waals surface area (Å²) in [5.74, 6) is 0.725. The fourth-order valence-electron chi connectivity index (χ4n) is 3.78. The molecule has 22 heavy (non-hydrogen) atoms. The first-order valence-corrected chi connectivity index (χ1v) is 8.04. The van der Waals surface area contributed by atoms with Crippen LogP contribution < -0.4 is 4.74 Å². The Morgan fingerprint density at radius 3 is 2.77 bits per heavy atom. The second-order valence-electron chi connectivity index (χ2n) is 6.76. The van der Waals surface area contributed by atoms with E-state index in [0.717, 1.165) is 31.4 Å². The molecule has 1 aromatic rings. The number of rotatable bonds is 3.